The number of halogens is 9. The van der Waals surface area contributed by atoms with Crippen molar-refractivity contribution in [1.29, 1.82) is 0 Å². The van der Waals surface area contributed by atoms with Gasteiger partial charge in [-0.25, -0.2) is 4.79 Å². The van der Waals surface area contributed by atoms with Gasteiger partial charge in [-0.05, 0) is 321 Å². The smallest absolute Gasteiger partial charge is 0.335 e. The van der Waals surface area contributed by atoms with Gasteiger partial charge in [-0.2, -0.15) is 0 Å². The van der Waals surface area contributed by atoms with E-state index in [0.717, 1.165) is 146 Å². The first kappa shape index (κ1) is 99.3. The Balaban J connectivity index is 0.000000202. The number of nitrogens with zero attached hydrogens (tertiary/aromatic N) is 2. The molecule has 0 radical (unpaired) electrons. The Morgan fingerprint density at radius 3 is 1.15 bits per heavy atom. The lowest BCUT2D eigenvalue weighted by molar-refractivity contribution is 0.0696. The fourth-order valence-electron chi connectivity index (χ4n) is 12.1. The molecule has 5 N–H and O–H groups in total. The van der Waals surface area contributed by atoms with Gasteiger partial charge in [-0.1, -0.05) is 173 Å². The standard InChI is InChI=1S/C18H19BrO4.C17H18BrClO2.C17H18Cl2O2.C17H18ClIO2.C14H10Cl2N2O.C14H12N2O/c1-11-4-6-14(18(20)21)10-13(11)7-5-12-8-15(19)17(23-3)16(9-12)22-2;1-11-4-5-12(9-15(11)19)6-7-13-8-14(18)17(21-3)16(10-13)20-2;2*1-11-4-5-12(8-14(11)18)6-7-13-9-15(19)17(21-3)16(10-13)20-2;15-10-6-5-9(12(16)7-10)8-18-13-4-2-1-3-11(13)14(17)19;15-14(17)12-8-4-5-9-13(12)16-10-11-6-2-1-3-7-11/h4,6,8-10H,5,7H2,1-3H3,(H,20,21);3*4-5,8-10H,6-7H2,1-3H3;1-8H,(H2,17,19);1-10H,(H2,15,17). The first-order chi connectivity index (χ1) is 58.4. The third kappa shape index (κ3) is 30.6. The number of aryl methyl sites for hydroxylation is 12. The van der Waals surface area contributed by atoms with Crippen LogP contribution < -0.4 is 49.4 Å². The van der Waals surface area contributed by atoms with E-state index in [4.69, 9.17) is 124 Å². The van der Waals surface area contributed by atoms with Crippen LogP contribution in [-0.4, -0.2) is 92.2 Å². The van der Waals surface area contributed by atoms with E-state index in [0.29, 0.717) is 71.7 Å². The third-order valence-corrected chi connectivity index (χ3v) is 22.9. The minimum absolute atomic E-state index is 0.319. The van der Waals surface area contributed by atoms with Crippen molar-refractivity contribution in [2.24, 2.45) is 21.5 Å². The number of aliphatic imine (C=N–C) groups is 2. The quantitative estimate of drug-likeness (QED) is 0.0323. The number of hydrogen-bond acceptors (Lipinski definition) is 13. The fraction of sp³-hybridized carbons (Fsp3) is 0.206. The number of carboxylic acids is 1. The summed E-state index contributed by atoms with van der Waals surface area (Å²) in [5, 5.41) is 13.2. The number of carbonyl (C=O) groups is 3. The van der Waals surface area contributed by atoms with Gasteiger partial charge in [-0.3, -0.25) is 19.6 Å². The molecule has 25 heteroatoms. The van der Waals surface area contributed by atoms with E-state index in [1.54, 1.807) is 142 Å². The molecule has 0 aliphatic carbocycles. The van der Waals surface area contributed by atoms with E-state index in [1.165, 1.54) is 27.8 Å². The molecule has 2 amide bonds. The first-order valence-electron chi connectivity index (χ1n) is 38.0. The van der Waals surface area contributed by atoms with Crippen LogP contribution in [0.3, 0.4) is 0 Å². The predicted molar refractivity (Wildman–Crippen MR) is 515 cm³/mol. The minimum atomic E-state index is -0.903. The van der Waals surface area contributed by atoms with Crippen LogP contribution in [0.15, 0.2) is 237 Å². The van der Waals surface area contributed by atoms with Gasteiger partial charge in [0.2, 0.25) is 0 Å². The van der Waals surface area contributed by atoms with Crippen LogP contribution in [0.25, 0.3) is 0 Å². The summed E-state index contributed by atoms with van der Waals surface area (Å²) in [4.78, 5) is 42.0. The number of ether oxygens (including phenoxy) is 8. The monoisotopic (exact) mass is 2000 g/mol. The fourth-order valence-corrected chi connectivity index (χ4v) is 15.6. The highest BCUT2D eigenvalue weighted by molar-refractivity contribution is 14.1. The lowest BCUT2D eigenvalue weighted by Gasteiger charge is -2.13. The molecule has 0 bridgehead atoms. The number of benzene rings is 12. The summed E-state index contributed by atoms with van der Waals surface area (Å²) in [5.41, 5.74) is 28.2. The molecule has 12 aromatic carbocycles. The molecule has 0 saturated carbocycles. The van der Waals surface area contributed by atoms with E-state index in [1.807, 2.05) is 131 Å². The van der Waals surface area contributed by atoms with Gasteiger partial charge in [-0.15, -0.1) is 0 Å². The molecular formula is C97H95Br2Cl6IN4O12. The molecule has 0 atom stereocenters. The molecule has 122 heavy (non-hydrogen) atoms. The summed E-state index contributed by atoms with van der Waals surface area (Å²) in [6, 6.07) is 68.6. The van der Waals surface area contributed by atoms with Crippen molar-refractivity contribution in [3.05, 3.63) is 356 Å². The zero-order chi connectivity index (χ0) is 89.1. The van der Waals surface area contributed by atoms with Crippen LogP contribution in [0.1, 0.15) is 109 Å². The number of nitrogens with two attached hydrogens (primary N) is 2. The van der Waals surface area contributed by atoms with Crippen LogP contribution in [0, 0.1) is 31.3 Å². The van der Waals surface area contributed by atoms with Gasteiger partial charge in [0, 0.05) is 38.1 Å². The zero-order valence-corrected chi connectivity index (χ0v) is 79.3. The molecule has 12 rings (SSSR count). The molecule has 0 aliphatic heterocycles. The Bertz CT molecular complexity index is 5360. The van der Waals surface area contributed by atoms with Crippen molar-refractivity contribution in [3.8, 4) is 46.0 Å². The Kier molecular flexibility index (Phi) is 41.3. The van der Waals surface area contributed by atoms with Crippen molar-refractivity contribution in [2.75, 3.05) is 56.9 Å². The highest BCUT2D eigenvalue weighted by atomic mass is 127. The summed E-state index contributed by atoms with van der Waals surface area (Å²) in [7, 11) is 13.0. The number of rotatable bonds is 27. The number of aromatic carboxylic acids is 1. The molecule has 0 spiro atoms. The van der Waals surface area contributed by atoms with Gasteiger partial charge < -0.3 is 54.5 Å². The topological polar surface area (TPSA) is 222 Å². The van der Waals surface area contributed by atoms with Crippen LogP contribution in [0.2, 0.25) is 30.1 Å². The van der Waals surface area contributed by atoms with Gasteiger partial charge in [0.05, 0.1) is 108 Å². The predicted octanol–water partition coefficient (Wildman–Crippen LogP) is 26.0. The molecule has 638 valence electrons. The molecule has 16 nitrogen and oxygen atoms in total. The van der Waals surface area contributed by atoms with Gasteiger partial charge in [0.25, 0.3) is 11.8 Å². The highest BCUT2D eigenvalue weighted by Gasteiger charge is 2.17. The highest BCUT2D eigenvalue weighted by Crippen LogP contribution is 2.40. The van der Waals surface area contributed by atoms with E-state index >= 15 is 0 Å². The average Bonchev–Trinajstić information content (AvgIpc) is 0.879. The maximum Gasteiger partial charge on any atom is 0.335 e. The lowest BCUT2D eigenvalue weighted by atomic mass is 9.98. The SMILES string of the molecule is COc1cc(CCc2cc(C(=O)O)ccc2C)cc(Br)c1OC.COc1cc(CCc2ccc(C)c(Cl)c2)cc(Br)c1OC.COc1cc(CCc2ccc(C)c(Cl)c2)cc(Cl)c1OC.COc1cc(CCc2ccc(C)c(Cl)c2)cc(I)c1OC.NC(=O)c1ccccc1N=Cc1ccc(Cl)cc1Cl.NC(=O)c1ccccc1N=Cc1ccccc1. The maximum absolute atomic E-state index is 11.2. The number of para-hydroxylation sites is 2. The number of carbonyl (C=O) groups excluding carboxylic acids is 2. The summed E-state index contributed by atoms with van der Waals surface area (Å²) >= 11 is 45.8. The first-order valence-corrected chi connectivity index (χ1v) is 42.9. The number of hydrogen-bond donors (Lipinski definition) is 3. The van der Waals surface area contributed by atoms with Crippen molar-refractivity contribution in [2.45, 2.75) is 79.1 Å². The van der Waals surface area contributed by atoms with E-state index in [-0.39, 0.29) is 0 Å². The average molecular weight is 2010 g/mol. The summed E-state index contributed by atoms with van der Waals surface area (Å²) in [6.45, 7) is 8.02. The molecule has 0 unspecified atom stereocenters. The van der Waals surface area contributed by atoms with Crippen molar-refractivity contribution >= 4 is 166 Å². The molecule has 0 aliphatic rings. The Morgan fingerprint density at radius 2 is 0.738 bits per heavy atom. The van der Waals surface area contributed by atoms with Crippen LogP contribution in [-0.2, 0) is 51.4 Å². The molecule has 0 heterocycles. The number of primary amides is 2. The summed E-state index contributed by atoms with van der Waals surface area (Å²) in [6.07, 6.45) is 10.3. The second kappa shape index (κ2) is 50.7. The van der Waals surface area contributed by atoms with Crippen LogP contribution >= 0.6 is 124 Å². The van der Waals surface area contributed by atoms with Crippen molar-refractivity contribution in [3.63, 3.8) is 0 Å². The minimum Gasteiger partial charge on any atom is -0.493 e. The second-order valence-electron chi connectivity index (χ2n) is 27.3. The van der Waals surface area contributed by atoms with Crippen LogP contribution in [0.5, 0.6) is 46.0 Å². The second-order valence-corrected chi connectivity index (χ2v) is 32.6. The number of amides is 2. The van der Waals surface area contributed by atoms with E-state index in [9.17, 15) is 14.4 Å². The summed E-state index contributed by atoms with van der Waals surface area (Å²) < 4.78 is 45.5. The van der Waals surface area contributed by atoms with Crippen molar-refractivity contribution < 1.29 is 57.4 Å². The lowest BCUT2D eigenvalue weighted by Crippen LogP contribution is -2.10. The Hall–Kier alpha value is -9.78. The van der Waals surface area contributed by atoms with Gasteiger partial charge in [0.15, 0.2) is 46.0 Å². The Morgan fingerprint density at radius 1 is 0.369 bits per heavy atom. The van der Waals surface area contributed by atoms with E-state index in [2.05, 4.69) is 107 Å². The maximum atomic E-state index is 11.2. The molecule has 12 aromatic rings. The van der Waals surface area contributed by atoms with Crippen LogP contribution in [0.4, 0.5) is 11.4 Å². The van der Waals surface area contributed by atoms with Gasteiger partial charge in [0.1, 0.15) is 0 Å². The zero-order valence-electron chi connectivity index (χ0n) is 69.5. The summed E-state index contributed by atoms with van der Waals surface area (Å²) in [5.74, 6) is 3.71. The number of methoxy groups -OCH3 is 8. The molecule has 0 aromatic heterocycles. The third-order valence-electron chi connectivity index (χ3n) is 18.9. The van der Waals surface area contributed by atoms with Gasteiger partial charge >= 0.3 is 5.97 Å². The largest absolute Gasteiger partial charge is 0.493 e. The number of carboxylic acid groups (broad SMARTS) is 1. The van der Waals surface area contributed by atoms with E-state index < -0.39 is 17.8 Å². The molecule has 0 fully saturated rings. The normalized spacial score (nSPS) is 10.6. The Labute approximate surface area is 775 Å². The molecule has 0 saturated heterocycles. The van der Waals surface area contributed by atoms with Crippen molar-refractivity contribution in [1.82, 2.24) is 0 Å². The molecular weight excluding hydrogens is 1910 g/mol.